The second-order valence-corrected chi connectivity index (χ2v) is 33.7. The summed E-state index contributed by atoms with van der Waals surface area (Å²) in [4.78, 5) is 68.1. The molecule has 0 radical (unpaired) electrons. The predicted molar refractivity (Wildman–Crippen MR) is 572 cm³/mol. The van der Waals surface area contributed by atoms with E-state index < -0.39 is 24.1 Å². The number of amides is 1. The number of benzene rings is 13. The van der Waals surface area contributed by atoms with E-state index in [4.69, 9.17) is 88.1 Å². The van der Waals surface area contributed by atoms with Crippen molar-refractivity contribution in [2.24, 2.45) is 0 Å². The fourth-order valence-corrected chi connectivity index (χ4v) is 15.5. The number of anilines is 10. The zero-order valence-electron chi connectivity index (χ0n) is 79.1. The number of hydrogen-bond acceptors (Lipinski definition) is 24. The topological polar surface area (TPSA) is 299 Å². The molecule has 13 aromatic carbocycles. The largest absolute Gasteiger partial charge is 0.497 e. The molecule has 0 aliphatic rings. The summed E-state index contributed by atoms with van der Waals surface area (Å²) in [5.74, 6) is 6.31. The van der Waals surface area contributed by atoms with Gasteiger partial charge in [-0.15, -0.1) is 0 Å². The van der Waals surface area contributed by atoms with Crippen molar-refractivity contribution in [3.05, 3.63) is 371 Å². The summed E-state index contributed by atoms with van der Waals surface area (Å²) in [5.41, 5.74) is 15.2. The van der Waals surface area contributed by atoms with Crippen LogP contribution in [0.1, 0.15) is 47.8 Å². The van der Waals surface area contributed by atoms with Crippen LogP contribution < -0.4 is 60.3 Å². The number of pyridine rings is 2. The summed E-state index contributed by atoms with van der Waals surface area (Å²) in [6, 6.07) is 94.0. The Morgan fingerprint density at radius 2 is 0.708 bits per heavy atom. The Labute approximate surface area is 844 Å². The van der Waals surface area contributed by atoms with E-state index in [9.17, 15) is 18.0 Å². The lowest BCUT2D eigenvalue weighted by molar-refractivity contribution is 0.0137. The van der Waals surface area contributed by atoms with Gasteiger partial charge in [-0.1, -0.05) is 164 Å². The van der Waals surface area contributed by atoms with Crippen LogP contribution >= 0.6 is 34.8 Å². The summed E-state index contributed by atoms with van der Waals surface area (Å²) in [7, 11) is 9.70. The molecule has 0 spiro atoms. The minimum atomic E-state index is -2.85. The SMILES string of the molecule is C.COc1ccc(Cl)c(Nc2nc(-c3ccccc3)nc3ccc(OC)cc23)c1.COc1ccc2nc(-c3ccccc3)nc(Nc3c(F)cccc3Cl)c2c1.COc1ccc2nc(-c3ccccc3)nc(Nc3ccc(C)c(C)c3)c2c1.COc1ccc2nc(-c3cccnc3)nc(Nc3ccc(C)cc3Cl)c2c1.COc1ccc2nc(-c3cccnc3)nc(Nc3ccccc3C(=O)NCCC(C)(F)F)c2c1. The van der Waals surface area contributed by atoms with Gasteiger partial charge in [-0.3, -0.25) is 14.8 Å². The number of hydrogen-bond donors (Lipinski definition) is 6. The first-order chi connectivity index (χ1) is 69.4. The number of rotatable bonds is 25. The molecule has 20 aromatic rings. The molecule has 20 rings (SSSR count). The Bertz CT molecular complexity index is 7920. The monoisotopic (exact) mass is 1980 g/mol. The fourth-order valence-electron chi connectivity index (χ4n) is 14.8. The Hall–Kier alpha value is -17.2. The number of nitrogens with one attached hydrogen (secondary N) is 6. The molecule has 1 amide bonds. The molecule has 0 bridgehead atoms. The first kappa shape index (κ1) is 101. The van der Waals surface area contributed by atoms with Crippen LogP contribution in [0.5, 0.6) is 34.5 Å². The van der Waals surface area contributed by atoms with Crippen LogP contribution in [-0.2, 0) is 0 Å². The second kappa shape index (κ2) is 47.2. The van der Waals surface area contributed by atoms with Crippen LogP contribution in [0.2, 0.25) is 15.1 Å². The number of nitrogens with zero attached hydrogens (tertiary/aromatic N) is 12. The van der Waals surface area contributed by atoms with Crippen molar-refractivity contribution in [3.8, 4) is 91.4 Å². The number of carbonyl (C=O) groups excluding carboxylic acids is 1. The van der Waals surface area contributed by atoms with Crippen molar-refractivity contribution in [1.29, 1.82) is 0 Å². The lowest BCUT2D eigenvalue weighted by atomic mass is 10.1. The lowest BCUT2D eigenvalue weighted by Gasteiger charge is -2.15. The average Bonchev–Trinajstić information content (AvgIpc) is 0.799. The fraction of sp³-hybridized carbons (Fsp3) is 0.124. The number of fused-ring (bicyclic) bond motifs is 5. The number of aromatic nitrogens is 12. The lowest BCUT2D eigenvalue weighted by Crippen LogP contribution is -2.28. The van der Waals surface area contributed by atoms with Crippen molar-refractivity contribution in [3.63, 3.8) is 0 Å². The molecule has 7 aromatic heterocycles. The number of halogens is 6. The van der Waals surface area contributed by atoms with Gasteiger partial charge >= 0.3 is 0 Å². The van der Waals surface area contributed by atoms with Gasteiger partial charge in [0.15, 0.2) is 29.1 Å². The number of aryl methyl sites for hydroxylation is 3. The van der Waals surface area contributed by atoms with Crippen molar-refractivity contribution >= 4 is 153 Å². The molecule has 6 N–H and O–H groups in total. The van der Waals surface area contributed by atoms with Crippen LogP contribution in [-0.4, -0.2) is 121 Å². The van der Waals surface area contributed by atoms with Gasteiger partial charge < -0.3 is 60.3 Å². The number of alkyl halides is 2. The molecule has 31 heteroatoms. The summed E-state index contributed by atoms with van der Waals surface area (Å²) < 4.78 is 72.7. The number of para-hydroxylation sites is 2. The summed E-state index contributed by atoms with van der Waals surface area (Å²) in [6.07, 6.45) is 6.35. The molecule has 0 unspecified atom stereocenters. The summed E-state index contributed by atoms with van der Waals surface area (Å²) in [6.45, 7) is 6.90. The van der Waals surface area contributed by atoms with E-state index in [1.165, 1.54) is 17.2 Å². The summed E-state index contributed by atoms with van der Waals surface area (Å²) in [5, 5.41) is 24.4. The maximum absolute atomic E-state index is 14.3. The maximum atomic E-state index is 14.3. The standard InChI is InChI=1S/C25H23F2N5O2.C23H21N3O.C22H18ClN3O2.C21H15ClFN3O.C21H17ClN4O.CH4/c1-25(26,27)11-13-29-24(33)18-7-3-4-8-20(18)31-23-19-14-17(34-2)9-10-21(19)30-22(32-23)16-6-5-12-28-15-16;1-15-9-10-18(13-16(15)2)24-23-20-14-19(27-3)11-12-21(20)25-22(26-23)17-7-5-4-6-8-17;1-27-15-9-11-19-17(12-15)22(25-20-13-16(28-2)8-10-18(20)23)26-21(24-19)14-6-4-3-5-7-14;1-27-14-10-11-18-15(12-14)21(25-19-16(22)8-5-9-17(19)23)26-20(24-18)13-6-3-2-4-7-13;1-13-5-7-19(17(22)10-13)25-21-16-11-15(27-2)6-8-18(16)24-20(26-21)14-4-3-9-23-12-14;/h3-10,12,14-15H,11,13H2,1-2H3,(H,29,33)(H,30,31,32);4-14H,1-3H3,(H,24,25,26);3-13H,1-2H3,(H,24,25,26);2-12H,1H3,(H,24,25,26);3-12H,1-2H3,(H,24,25,26);1H4. The van der Waals surface area contributed by atoms with Gasteiger partial charge in [-0.25, -0.2) is 63.0 Å². The van der Waals surface area contributed by atoms with Crippen LogP contribution in [0.4, 0.5) is 70.7 Å². The Kier molecular flexibility index (Phi) is 33.2. The third-order valence-electron chi connectivity index (χ3n) is 22.5. The third kappa shape index (κ3) is 25.3. The molecule has 0 aliphatic heterocycles. The molecule has 0 saturated heterocycles. The third-order valence-corrected chi connectivity index (χ3v) is 23.5. The minimum Gasteiger partial charge on any atom is -0.497 e. The highest BCUT2D eigenvalue weighted by Gasteiger charge is 2.24. The van der Waals surface area contributed by atoms with Gasteiger partial charge in [0.1, 0.15) is 69.4 Å². The van der Waals surface area contributed by atoms with Crippen molar-refractivity contribution in [2.75, 3.05) is 75.8 Å². The average molecular weight is 1980 g/mol. The van der Waals surface area contributed by atoms with Gasteiger partial charge in [0.25, 0.3) is 5.91 Å². The molecule has 0 fully saturated rings. The Morgan fingerprint density at radius 3 is 1.10 bits per heavy atom. The van der Waals surface area contributed by atoms with E-state index in [-0.39, 0.29) is 24.7 Å². The Balaban J connectivity index is 0.000000136. The van der Waals surface area contributed by atoms with Gasteiger partial charge in [-0.05, 0) is 220 Å². The minimum absolute atomic E-state index is 0. The van der Waals surface area contributed by atoms with Gasteiger partial charge in [0.05, 0.1) is 114 Å². The van der Waals surface area contributed by atoms with E-state index in [1.807, 2.05) is 219 Å². The van der Waals surface area contributed by atoms with Crippen LogP contribution in [0.15, 0.2) is 328 Å². The van der Waals surface area contributed by atoms with Gasteiger partial charge in [0.2, 0.25) is 5.92 Å². The Morgan fingerprint density at radius 1 is 0.333 bits per heavy atom. The predicted octanol–water partition coefficient (Wildman–Crippen LogP) is 28.5. The first-order valence-electron chi connectivity index (χ1n) is 44.9. The molecular formula is C113H98Cl3F3N18O7. The molecule has 7 heterocycles. The number of ether oxygens (including phenoxy) is 6. The molecule has 0 atom stereocenters. The van der Waals surface area contributed by atoms with E-state index in [0.29, 0.717) is 118 Å². The van der Waals surface area contributed by atoms with E-state index in [2.05, 4.69) is 98.8 Å². The number of carbonyl (C=O) groups is 1. The highest BCUT2D eigenvalue weighted by Crippen LogP contribution is 2.41. The molecule has 724 valence electrons. The molecule has 0 saturated carbocycles. The normalized spacial score (nSPS) is 10.8. The van der Waals surface area contributed by atoms with Crippen molar-refractivity contribution in [2.45, 2.75) is 47.5 Å². The van der Waals surface area contributed by atoms with E-state index in [0.717, 1.165) is 107 Å². The van der Waals surface area contributed by atoms with Crippen LogP contribution in [0.3, 0.4) is 0 Å². The zero-order chi connectivity index (χ0) is 100. The number of methoxy groups -OCH3 is 6. The molecular weight excluding hydrogens is 1880 g/mol. The molecule has 0 aliphatic carbocycles. The molecule has 144 heavy (non-hydrogen) atoms. The van der Waals surface area contributed by atoms with Crippen molar-refractivity contribution < 1.29 is 46.4 Å². The highest BCUT2D eigenvalue weighted by molar-refractivity contribution is 6.34. The zero-order valence-corrected chi connectivity index (χ0v) is 81.4. The van der Waals surface area contributed by atoms with E-state index >= 15 is 0 Å². The first-order valence-corrected chi connectivity index (χ1v) is 46.1. The van der Waals surface area contributed by atoms with E-state index in [1.54, 1.807) is 134 Å². The highest BCUT2D eigenvalue weighted by atomic mass is 35.5. The van der Waals surface area contributed by atoms with Crippen LogP contribution in [0.25, 0.3) is 111 Å². The summed E-state index contributed by atoms with van der Waals surface area (Å²) >= 11 is 19.0. The van der Waals surface area contributed by atoms with Gasteiger partial charge in [0, 0.05) is 104 Å². The second-order valence-electron chi connectivity index (χ2n) is 32.4. The van der Waals surface area contributed by atoms with Crippen molar-refractivity contribution in [1.82, 2.24) is 65.1 Å². The van der Waals surface area contributed by atoms with Gasteiger partial charge in [-0.2, -0.15) is 0 Å². The smallest absolute Gasteiger partial charge is 0.253 e. The quantitative estimate of drug-likeness (QED) is 0.0310. The van der Waals surface area contributed by atoms with Crippen LogP contribution in [0, 0.1) is 26.6 Å². The molecule has 25 nitrogen and oxygen atoms in total. The maximum Gasteiger partial charge on any atom is 0.253 e.